The normalized spacial score (nSPS) is 17.2. The Labute approximate surface area is 124 Å². The first kappa shape index (κ1) is 15.3. The van der Waals surface area contributed by atoms with Gasteiger partial charge in [0.1, 0.15) is 0 Å². The molecule has 0 spiro atoms. The number of nitrogens with zero attached hydrogens (tertiary/aromatic N) is 3. The van der Waals surface area contributed by atoms with Gasteiger partial charge >= 0.3 is 0 Å². The first-order valence-corrected chi connectivity index (χ1v) is 8.48. The fourth-order valence-electron chi connectivity index (χ4n) is 1.94. The Hall–Kier alpha value is -1.06. The van der Waals surface area contributed by atoms with E-state index in [0.717, 1.165) is 6.26 Å². The van der Waals surface area contributed by atoms with Crippen LogP contribution in [0.2, 0.25) is 0 Å². The molecular formula is C11H13BrFN3O3S. The van der Waals surface area contributed by atoms with Crippen LogP contribution in [0.3, 0.4) is 0 Å². The van der Waals surface area contributed by atoms with Gasteiger partial charge in [-0.05, 0) is 22.0 Å². The van der Waals surface area contributed by atoms with Crippen molar-refractivity contribution >= 4 is 31.9 Å². The van der Waals surface area contributed by atoms with Gasteiger partial charge in [-0.15, -0.1) is 0 Å². The van der Waals surface area contributed by atoms with Gasteiger partial charge < -0.3 is 4.90 Å². The number of halogens is 2. The van der Waals surface area contributed by atoms with Crippen LogP contribution in [0.5, 0.6) is 0 Å². The molecule has 2 rings (SSSR count). The predicted molar refractivity (Wildman–Crippen MR) is 74.2 cm³/mol. The molecule has 0 N–H and O–H groups in total. The van der Waals surface area contributed by atoms with Crippen molar-refractivity contribution in [2.24, 2.45) is 0 Å². The summed E-state index contributed by atoms with van der Waals surface area (Å²) < 4.78 is 38.2. The smallest absolute Gasteiger partial charge is 0.275 e. The van der Waals surface area contributed by atoms with Crippen LogP contribution >= 0.6 is 15.9 Å². The minimum Gasteiger partial charge on any atom is -0.335 e. The summed E-state index contributed by atoms with van der Waals surface area (Å²) in [4.78, 5) is 17.3. The highest BCUT2D eigenvalue weighted by molar-refractivity contribution is 9.10. The molecule has 1 fully saturated rings. The maximum Gasteiger partial charge on any atom is 0.275 e. The third kappa shape index (κ3) is 3.33. The van der Waals surface area contributed by atoms with Gasteiger partial charge in [-0.3, -0.25) is 4.79 Å². The number of piperazine rings is 1. The molecule has 0 atom stereocenters. The zero-order valence-corrected chi connectivity index (χ0v) is 13.1. The van der Waals surface area contributed by atoms with E-state index >= 15 is 0 Å². The highest BCUT2D eigenvalue weighted by Gasteiger charge is 2.28. The molecule has 1 aromatic rings. The lowest BCUT2D eigenvalue weighted by Gasteiger charge is -2.33. The molecule has 1 saturated heterocycles. The van der Waals surface area contributed by atoms with Crippen LogP contribution in [0.25, 0.3) is 0 Å². The number of carbonyl (C=O) groups is 1. The lowest BCUT2D eigenvalue weighted by atomic mass is 10.2. The van der Waals surface area contributed by atoms with Gasteiger partial charge in [0.2, 0.25) is 10.0 Å². The maximum absolute atomic E-state index is 13.7. The highest BCUT2D eigenvalue weighted by Crippen LogP contribution is 2.15. The topological polar surface area (TPSA) is 70.6 Å². The molecule has 0 bridgehead atoms. The van der Waals surface area contributed by atoms with E-state index in [9.17, 15) is 17.6 Å². The van der Waals surface area contributed by atoms with E-state index in [-0.39, 0.29) is 31.9 Å². The lowest BCUT2D eigenvalue weighted by molar-refractivity contribution is 0.0687. The number of rotatable bonds is 2. The second-order valence-corrected chi connectivity index (χ2v) is 7.34. The van der Waals surface area contributed by atoms with Crippen molar-refractivity contribution < 1.29 is 17.6 Å². The number of hydrogen-bond donors (Lipinski definition) is 0. The van der Waals surface area contributed by atoms with Crippen molar-refractivity contribution in [2.75, 3.05) is 32.4 Å². The maximum atomic E-state index is 13.7. The fraction of sp³-hybridized carbons (Fsp3) is 0.455. The van der Waals surface area contributed by atoms with Crippen molar-refractivity contribution in [1.82, 2.24) is 14.2 Å². The molecule has 1 aromatic heterocycles. The zero-order valence-electron chi connectivity index (χ0n) is 10.7. The minimum atomic E-state index is -3.25. The van der Waals surface area contributed by atoms with Gasteiger partial charge in [-0.1, -0.05) is 0 Å². The molecule has 20 heavy (non-hydrogen) atoms. The fourth-order valence-corrected chi connectivity index (χ4v) is 3.07. The number of amides is 1. The van der Waals surface area contributed by atoms with Crippen LogP contribution in [0.4, 0.5) is 4.39 Å². The molecule has 110 valence electrons. The van der Waals surface area contributed by atoms with E-state index in [2.05, 4.69) is 20.9 Å². The monoisotopic (exact) mass is 365 g/mol. The van der Waals surface area contributed by atoms with E-state index in [1.807, 2.05) is 0 Å². The first-order valence-electron chi connectivity index (χ1n) is 5.84. The van der Waals surface area contributed by atoms with Crippen molar-refractivity contribution in [3.05, 3.63) is 28.2 Å². The van der Waals surface area contributed by atoms with Crippen molar-refractivity contribution in [3.63, 3.8) is 0 Å². The lowest BCUT2D eigenvalue weighted by Crippen LogP contribution is -2.50. The van der Waals surface area contributed by atoms with E-state index in [1.165, 1.54) is 21.5 Å². The number of carbonyl (C=O) groups excluding carboxylic acids is 1. The van der Waals surface area contributed by atoms with E-state index in [0.29, 0.717) is 4.47 Å². The molecule has 9 heteroatoms. The van der Waals surface area contributed by atoms with Crippen LogP contribution in [0.1, 0.15) is 10.5 Å². The summed E-state index contributed by atoms with van der Waals surface area (Å²) in [5.74, 6) is -1.22. The van der Waals surface area contributed by atoms with Crippen LogP contribution in [-0.4, -0.2) is 60.9 Å². The third-order valence-electron chi connectivity index (χ3n) is 3.01. The Bertz CT molecular complexity index is 630. The van der Waals surface area contributed by atoms with Crippen molar-refractivity contribution in [3.8, 4) is 0 Å². The van der Waals surface area contributed by atoms with E-state index in [4.69, 9.17) is 0 Å². The SMILES string of the molecule is CS(=O)(=O)N1CCN(C(=O)c2ncc(Br)cc2F)CC1. The molecule has 0 unspecified atom stereocenters. The van der Waals surface area contributed by atoms with Gasteiger partial charge in [0.15, 0.2) is 11.5 Å². The molecule has 0 aromatic carbocycles. The molecule has 2 heterocycles. The average Bonchev–Trinajstić information content (AvgIpc) is 2.37. The molecule has 0 saturated carbocycles. The molecule has 0 aliphatic carbocycles. The van der Waals surface area contributed by atoms with E-state index in [1.54, 1.807) is 0 Å². The summed E-state index contributed by atoms with van der Waals surface area (Å²) in [6.07, 6.45) is 2.48. The summed E-state index contributed by atoms with van der Waals surface area (Å²) in [6, 6.07) is 1.17. The number of hydrogen-bond acceptors (Lipinski definition) is 4. The van der Waals surface area contributed by atoms with Crippen LogP contribution < -0.4 is 0 Å². The summed E-state index contributed by atoms with van der Waals surface area (Å²) in [5, 5.41) is 0. The standard InChI is InChI=1S/C11H13BrFN3O3S/c1-20(18,19)16-4-2-15(3-5-16)11(17)10-9(13)6-8(12)7-14-10/h6-7H,2-5H2,1H3. The Morgan fingerprint density at radius 1 is 1.35 bits per heavy atom. The van der Waals surface area contributed by atoms with Gasteiger partial charge in [-0.25, -0.2) is 17.8 Å². The number of aromatic nitrogens is 1. The first-order chi connectivity index (χ1) is 9.29. The quantitative estimate of drug-likeness (QED) is 0.773. The third-order valence-corrected chi connectivity index (χ3v) is 4.74. The highest BCUT2D eigenvalue weighted by atomic mass is 79.9. The second kappa shape index (κ2) is 5.74. The van der Waals surface area contributed by atoms with Crippen LogP contribution in [0.15, 0.2) is 16.7 Å². The van der Waals surface area contributed by atoms with Crippen molar-refractivity contribution in [2.45, 2.75) is 0 Å². The Morgan fingerprint density at radius 3 is 2.45 bits per heavy atom. The molecule has 1 aliphatic heterocycles. The Balaban J connectivity index is 2.09. The van der Waals surface area contributed by atoms with Gasteiger partial charge in [0.05, 0.1) is 6.26 Å². The summed E-state index contributed by atoms with van der Waals surface area (Å²) in [7, 11) is -3.25. The number of pyridine rings is 1. The molecular weight excluding hydrogens is 353 g/mol. The largest absolute Gasteiger partial charge is 0.335 e. The molecule has 6 nitrogen and oxygen atoms in total. The summed E-state index contributed by atoms with van der Waals surface area (Å²) >= 11 is 3.07. The van der Waals surface area contributed by atoms with Crippen LogP contribution in [-0.2, 0) is 10.0 Å². The van der Waals surface area contributed by atoms with Gasteiger partial charge in [0, 0.05) is 36.8 Å². The molecule has 1 amide bonds. The molecule has 1 aliphatic rings. The van der Waals surface area contributed by atoms with E-state index < -0.39 is 21.7 Å². The summed E-state index contributed by atoms with van der Waals surface area (Å²) in [6.45, 7) is 0.873. The number of sulfonamides is 1. The zero-order chi connectivity index (χ0) is 14.9. The van der Waals surface area contributed by atoms with Crippen molar-refractivity contribution in [1.29, 1.82) is 0 Å². The van der Waals surface area contributed by atoms with Gasteiger partial charge in [0.25, 0.3) is 5.91 Å². The minimum absolute atomic E-state index is 0.211. The van der Waals surface area contributed by atoms with Crippen LogP contribution in [0, 0.1) is 5.82 Å². The summed E-state index contributed by atoms with van der Waals surface area (Å²) in [5.41, 5.74) is -0.249. The van der Waals surface area contributed by atoms with Gasteiger partial charge in [-0.2, -0.15) is 4.31 Å². The molecule has 0 radical (unpaired) electrons. The average molecular weight is 366 g/mol. The predicted octanol–water partition coefficient (Wildman–Crippen LogP) is 0.701. The Kier molecular flexibility index (Phi) is 4.40. The Morgan fingerprint density at radius 2 is 1.95 bits per heavy atom. The second-order valence-electron chi connectivity index (χ2n) is 4.44.